The van der Waals surface area contributed by atoms with Crippen LogP contribution in [0.4, 0.5) is 0 Å². The fraction of sp³-hybridized carbons (Fsp3) is 0.357. The van der Waals surface area contributed by atoms with Gasteiger partial charge >= 0.3 is 0 Å². The van der Waals surface area contributed by atoms with Gasteiger partial charge in [-0.15, -0.1) is 0 Å². The Morgan fingerprint density at radius 2 is 2.22 bits per heavy atom. The minimum absolute atomic E-state index is 0.205. The number of aryl methyl sites for hydroxylation is 1. The van der Waals surface area contributed by atoms with Crippen molar-refractivity contribution in [1.29, 1.82) is 0 Å². The summed E-state index contributed by atoms with van der Waals surface area (Å²) in [6.45, 7) is 2.26. The largest absolute Gasteiger partial charge is 0.361 e. The molecule has 1 aliphatic heterocycles. The molecule has 1 atom stereocenters. The van der Waals surface area contributed by atoms with Gasteiger partial charge in [-0.2, -0.15) is 13.1 Å². The van der Waals surface area contributed by atoms with Crippen molar-refractivity contribution in [2.45, 2.75) is 30.7 Å². The molecule has 1 aliphatic rings. The van der Waals surface area contributed by atoms with Crippen LogP contribution in [-0.2, 0) is 10.0 Å². The van der Waals surface area contributed by atoms with Gasteiger partial charge in [0.15, 0.2) is 0 Å². The van der Waals surface area contributed by atoms with E-state index in [1.54, 1.807) is 31.2 Å². The SMILES string of the molecule is Cc1cc([C@@H]2CCCN2S(=O)(=O)c2cccc3nsnc23)no1. The zero-order chi connectivity index (χ0) is 16.0. The zero-order valence-corrected chi connectivity index (χ0v) is 14.0. The number of rotatable bonds is 3. The number of benzene rings is 1. The van der Waals surface area contributed by atoms with Crippen molar-refractivity contribution in [2.75, 3.05) is 6.54 Å². The highest BCUT2D eigenvalue weighted by atomic mass is 32.2. The quantitative estimate of drug-likeness (QED) is 0.721. The van der Waals surface area contributed by atoms with Crippen molar-refractivity contribution >= 4 is 32.8 Å². The third kappa shape index (κ3) is 2.35. The summed E-state index contributed by atoms with van der Waals surface area (Å²) in [5.41, 5.74) is 1.69. The first-order chi connectivity index (χ1) is 11.1. The highest BCUT2D eigenvalue weighted by Gasteiger charge is 2.38. The molecule has 23 heavy (non-hydrogen) atoms. The van der Waals surface area contributed by atoms with Gasteiger partial charge in [0.05, 0.1) is 17.8 Å². The van der Waals surface area contributed by atoms with E-state index in [0.717, 1.165) is 24.6 Å². The summed E-state index contributed by atoms with van der Waals surface area (Å²) >= 11 is 1.02. The molecule has 0 spiro atoms. The summed E-state index contributed by atoms with van der Waals surface area (Å²) in [5.74, 6) is 0.676. The smallest absolute Gasteiger partial charge is 0.245 e. The van der Waals surface area contributed by atoms with Gasteiger partial charge < -0.3 is 4.52 Å². The average Bonchev–Trinajstić information content (AvgIpc) is 3.25. The van der Waals surface area contributed by atoms with Crippen LogP contribution in [-0.4, -0.2) is 33.2 Å². The Morgan fingerprint density at radius 1 is 1.35 bits per heavy atom. The van der Waals surface area contributed by atoms with E-state index in [4.69, 9.17) is 4.52 Å². The predicted molar refractivity (Wildman–Crippen MR) is 84.5 cm³/mol. The molecule has 3 aromatic rings. The molecule has 0 aliphatic carbocycles. The molecule has 4 rings (SSSR count). The lowest BCUT2D eigenvalue weighted by atomic mass is 10.1. The molecule has 0 saturated carbocycles. The fourth-order valence-electron chi connectivity index (χ4n) is 2.98. The molecule has 3 heterocycles. The first kappa shape index (κ1) is 14.7. The molecule has 0 bridgehead atoms. The topological polar surface area (TPSA) is 89.2 Å². The Morgan fingerprint density at radius 3 is 3.00 bits per heavy atom. The number of nitrogens with zero attached hydrogens (tertiary/aromatic N) is 4. The second kappa shape index (κ2) is 5.36. The molecule has 7 nitrogen and oxygen atoms in total. The van der Waals surface area contributed by atoms with Crippen LogP contribution >= 0.6 is 11.7 Å². The molecular formula is C14H14N4O3S2. The van der Waals surface area contributed by atoms with Crippen LogP contribution in [0.15, 0.2) is 33.7 Å². The zero-order valence-electron chi connectivity index (χ0n) is 12.3. The van der Waals surface area contributed by atoms with Crippen LogP contribution in [0.3, 0.4) is 0 Å². The first-order valence-electron chi connectivity index (χ1n) is 7.24. The number of aromatic nitrogens is 3. The van der Waals surface area contributed by atoms with E-state index in [-0.39, 0.29) is 10.9 Å². The number of hydrogen-bond acceptors (Lipinski definition) is 7. The van der Waals surface area contributed by atoms with Crippen molar-refractivity contribution in [3.05, 3.63) is 35.7 Å². The molecule has 9 heteroatoms. The summed E-state index contributed by atoms with van der Waals surface area (Å²) in [4.78, 5) is 0.205. The Kier molecular flexibility index (Phi) is 3.43. The first-order valence-corrected chi connectivity index (χ1v) is 9.41. The third-order valence-corrected chi connectivity index (χ3v) is 6.51. The molecule has 1 fully saturated rings. The minimum Gasteiger partial charge on any atom is -0.361 e. The molecule has 1 saturated heterocycles. The van der Waals surface area contributed by atoms with Gasteiger partial charge in [0.1, 0.15) is 27.4 Å². The maximum atomic E-state index is 13.1. The lowest BCUT2D eigenvalue weighted by Gasteiger charge is -2.22. The van der Waals surface area contributed by atoms with Gasteiger partial charge in [0.2, 0.25) is 10.0 Å². The average molecular weight is 350 g/mol. The van der Waals surface area contributed by atoms with E-state index < -0.39 is 10.0 Å². The second-order valence-corrected chi connectivity index (χ2v) is 7.91. The molecule has 0 amide bonds. The van der Waals surface area contributed by atoms with Gasteiger partial charge in [-0.3, -0.25) is 0 Å². The van der Waals surface area contributed by atoms with Crippen molar-refractivity contribution < 1.29 is 12.9 Å². The molecule has 0 N–H and O–H groups in total. The summed E-state index contributed by atoms with van der Waals surface area (Å²) in [7, 11) is -3.67. The Labute approximate surface area is 137 Å². The lowest BCUT2D eigenvalue weighted by Crippen LogP contribution is -2.31. The Hall–Kier alpha value is -1.84. The van der Waals surface area contributed by atoms with E-state index in [2.05, 4.69) is 13.9 Å². The van der Waals surface area contributed by atoms with Gasteiger partial charge in [-0.1, -0.05) is 11.2 Å². The highest BCUT2D eigenvalue weighted by Crippen LogP contribution is 2.37. The van der Waals surface area contributed by atoms with Crippen LogP contribution in [0.25, 0.3) is 11.0 Å². The molecule has 0 unspecified atom stereocenters. The monoisotopic (exact) mass is 350 g/mol. The molecule has 1 aromatic carbocycles. The standard InChI is InChI=1S/C14H14N4O3S2/c1-9-8-11(15-21-9)12-5-3-7-18(12)23(19,20)13-6-2-4-10-14(13)17-22-16-10/h2,4,6,8,12H,3,5,7H2,1H3/t12-/m0/s1. The van der Waals surface area contributed by atoms with Crippen molar-refractivity contribution in [3.63, 3.8) is 0 Å². The van der Waals surface area contributed by atoms with E-state index in [1.807, 2.05) is 0 Å². The van der Waals surface area contributed by atoms with Crippen LogP contribution in [0.2, 0.25) is 0 Å². The van der Waals surface area contributed by atoms with E-state index in [1.165, 1.54) is 4.31 Å². The minimum atomic E-state index is -3.67. The van der Waals surface area contributed by atoms with E-state index >= 15 is 0 Å². The van der Waals surface area contributed by atoms with Crippen LogP contribution in [0.5, 0.6) is 0 Å². The van der Waals surface area contributed by atoms with Crippen LogP contribution in [0, 0.1) is 6.92 Å². The maximum Gasteiger partial charge on any atom is 0.245 e. The van der Waals surface area contributed by atoms with Crippen molar-refractivity contribution in [2.24, 2.45) is 0 Å². The van der Waals surface area contributed by atoms with Crippen molar-refractivity contribution in [3.8, 4) is 0 Å². The number of hydrogen-bond donors (Lipinski definition) is 0. The van der Waals surface area contributed by atoms with Gasteiger partial charge in [-0.25, -0.2) is 8.42 Å². The lowest BCUT2D eigenvalue weighted by molar-refractivity contribution is 0.349. The summed E-state index contributed by atoms with van der Waals surface area (Å²) in [6, 6.07) is 6.55. The second-order valence-electron chi connectivity index (χ2n) is 5.52. The third-order valence-electron chi connectivity index (χ3n) is 4.03. The van der Waals surface area contributed by atoms with Crippen LogP contribution in [0.1, 0.15) is 30.3 Å². The van der Waals surface area contributed by atoms with Gasteiger partial charge in [-0.05, 0) is 31.9 Å². The van der Waals surface area contributed by atoms with E-state index in [9.17, 15) is 8.42 Å². The maximum absolute atomic E-state index is 13.1. The molecule has 120 valence electrons. The molecule has 2 aromatic heterocycles. The number of fused-ring (bicyclic) bond motifs is 1. The highest BCUT2D eigenvalue weighted by molar-refractivity contribution is 7.89. The molecule has 0 radical (unpaired) electrons. The van der Waals surface area contributed by atoms with Crippen molar-refractivity contribution in [1.82, 2.24) is 18.2 Å². The Balaban J connectivity index is 1.80. The van der Waals surface area contributed by atoms with Crippen LogP contribution < -0.4 is 0 Å². The fourth-order valence-corrected chi connectivity index (χ4v) is 5.41. The van der Waals surface area contributed by atoms with E-state index in [0.29, 0.717) is 29.0 Å². The normalized spacial score (nSPS) is 19.6. The number of sulfonamides is 1. The Bertz CT molecular complexity index is 963. The molecular weight excluding hydrogens is 336 g/mol. The van der Waals surface area contributed by atoms with Gasteiger partial charge in [0, 0.05) is 12.6 Å². The van der Waals surface area contributed by atoms with Gasteiger partial charge in [0.25, 0.3) is 0 Å². The summed E-state index contributed by atoms with van der Waals surface area (Å²) in [6.07, 6.45) is 1.53. The summed E-state index contributed by atoms with van der Waals surface area (Å²) < 4.78 is 41.2. The predicted octanol–water partition coefficient (Wildman–Crippen LogP) is 2.51. The summed E-state index contributed by atoms with van der Waals surface area (Å²) in [5, 5.41) is 4.00.